The van der Waals surface area contributed by atoms with Crippen LogP contribution in [0.25, 0.3) is 0 Å². The molecule has 1 aliphatic carbocycles. The van der Waals surface area contributed by atoms with Crippen molar-refractivity contribution in [3.05, 3.63) is 41.5 Å². The number of hydrogen-bond acceptors (Lipinski definition) is 4. The Kier molecular flexibility index (Phi) is 2.78. The summed E-state index contributed by atoms with van der Waals surface area (Å²) in [4.78, 5) is 4.29. The van der Waals surface area contributed by atoms with Gasteiger partial charge in [0.25, 0.3) is 0 Å². The van der Waals surface area contributed by atoms with Gasteiger partial charge < -0.3 is 5.32 Å². The largest absolute Gasteiger partial charge is 0.359 e. The van der Waals surface area contributed by atoms with Gasteiger partial charge in [-0.2, -0.15) is 4.37 Å². The number of hydrogen-bond donors (Lipinski definition) is 1. The van der Waals surface area contributed by atoms with Gasteiger partial charge in [0.05, 0.1) is 0 Å². The Morgan fingerprint density at radius 3 is 2.61 bits per heavy atom. The van der Waals surface area contributed by atoms with E-state index in [2.05, 4.69) is 14.7 Å². The van der Waals surface area contributed by atoms with Gasteiger partial charge in [0.2, 0.25) is 5.13 Å². The van der Waals surface area contributed by atoms with Crippen LogP contribution in [0.15, 0.2) is 24.3 Å². The second-order valence-corrected chi connectivity index (χ2v) is 5.54. The highest BCUT2D eigenvalue weighted by atomic mass is 32.1. The molecule has 0 amide bonds. The molecular weight excluding hydrogens is 249 g/mol. The smallest absolute Gasteiger partial charge is 0.202 e. The fraction of sp³-hybridized carbons (Fsp3) is 0.385. The summed E-state index contributed by atoms with van der Waals surface area (Å²) in [5, 5.41) is 4.19. The van der Waals surface area contributed by atoms with Crippen LogP contribution in [-0.2, 0) is 5.41 Å². The van der Waals surface area contributed by atoms with Crippen molar-refractivity contribution in [2.45, 2.75) is 25.2 Å². The first-order valence-corrected chi connectivity index (χ1v) is 6.76. The average molecular weight is 263 g/mol. The predicted octanol–water partition coefficient (Wildman–Crippen LogP) is 3.13. The zero-order valence-corrected chi connectivity index (χ0v) is 10.9. The van der Waals surface area contributed by atoms with Crippen molar-refractivity contribution in [2.75, 3.05) is 11.9 Å². The summed E-state index contributed by atoms with van der Waals surface area (Å²) in [6, 6.07) is 6.83. The molecule has 0 unspecified atom stereocenters. The molecule has 1 fully saturated rings. The van der Waals surface area contributed by atoms with Gasteiger partial charge in [0, 0.05) is 23.5 Å². The lowest BCUT2D eigenvalue weighted by Gasteiger charge is -2.15. The minimum absolute atomic E-state index is 0.160. The fourth-order valence-electron chi connectivity index (χ4n) is 2.14. The van der Waals surface area contributed by atoms with E-state index in [9.17, 15) is 4.39 Å². The Morgan fingerprint density at radius 1 is 1.33 bits per heavy atom. The lowest BCUT2D eigenvalue weighted by atomic mass is 9.96. The monoisotopic (exact) mass is 263 g/mol. The molecule has 0 aliphatic heterocycles. The quantitative estimate of drug-likeness (QED) is 0.921. The van der Waals surface area contributed by atoms with Crippen molar-refractivity contribution in [3.63, 3.8) is 0 Å². The third-order valence-corrected chi connectivity index (χ3v) is 4.18. The summed E-state index contributed by atoms with van der Waals surface area (Å²) in [5.74, 6) is 0.622. The van der Waals surface area contributed by atoms with E-state index in [1.807, 2.05) is 19.1 Å². The van der Waals surface area contributed by atoms with E-state index in [0.717, 1.165) is 30.3 Å². The molecule has 1 N–H and O–H groups in total. The highest BCUT2D eigenvalue weighted by molar-refractivity contribution is 7.09. The number of benzene rings is 1. The molecule has 18 heavy (non-hydrogen) atoms. The highest BCUT2D eigenvalue weighted by Crippen LogP contribution is 2.48. The number of aryl methyl sites for hydroxylation is 1. The van der Waals surface area contributed by atoms with E-state index < -0.39 is 0 Å². The first-order valence-electron chi connectivity index (χ1n) is 5.98. The van der Waals surface area contributed by atoms with E-state index in [1.54, 1.807) is 0 Å². The molecule has 5 heteroatoms. The molecule has 2 aromatic rings. The Morgan fingerprint density at radius 2 is 2.06 bits per heavy atom. The van der Waals surface area contributed by atoms with Gasteiger partial charge >= 0.3 is 0 Å². The summed E-state index contributed by atoms with van der Waals surface area (Å²) >= 11 is 1.38. The van der Waals surface area contributed by atoms with E-state index >= 15 is 0 Å². The van der Waals surface area contributed by atoms with Gasteiger partial charge in [-0.25, -0.2) is 9.37 Å². The molecule has 0 spiro atoms. The Balaban J connectivity index is 1.70. The molecule has 1 aliphatic rings. The molecule has 0 bridgehead atoms. The van der Waals surface area contributed by atoms with Crippen LogP contribution in [0.5, 0.6) is 0 Å². The summed E-state index contributed by atoms with van der Waals surface area (Å²) < 4.78 is 17.1. The van der Waals surface area contributed by atoms with E-state index in [-0.39, 0.29) is 11.2 Å². The van der Waals surface area contributed by atoms with Crippen molar-refractivity contribution < 1.29 is 4.39 Å². The van der Waals surface area contributed by atoms with Crippen LogP contribution in [0.2, 0.25) is 0 Å². The van der Waals surface area contributed by atoms with E-state index in [4.69, 9.17) is 0 Å². The van der Waals surface area contributed by atoms with Crippen LogP contribution >= 0.6 is 11.5 Å². The average Bonchev–Trinajstić information content (AvgIpc) is 3.05. The summed E-state index contributed by atoms with van der Waals surface area (Å²) in [7, 11) is 0. The minimum Gasteiger partial charge on any atom is -0.359 e. The Bertz CT molecular complexity index is 546. The summed E-state index contributed by atoms with van der Waals surface area (Å²) in [6.45, 7) is 2.72. The highest BCUT2D eigenvalue weighted by Gasteiger charge is 2.44. The normalized spacial score (nSPS) is 16.6. The summed E-state index contributed by atoms with van der Waals surface area (Å²) in [6.07, 6.45) is 2.28. The van der Waals surface area contributed by atoms with Gasteiger partial charge in [-0.1, -0.05) is 12.1 Å². The zero-order valence-electron chi connectivity index (χ0n) is 10.1. The maximum Gasteiger partial charge on any atom is 0.202 e. The Labute approximate surface area is 109 Å². The van der Waals surface area contributed by atoms with Crippen molar-refractivity contribution in [2.24, 2.45) is 0 Å². The molecule has 3 nitrogen and oxygen atoms in total. The SMILES string of the molecule is Cc1nsc(NCC2(c3ccc(F)cc3)CC2)n1. The fourth-order valence-corrected chi connectivity index (χ4v) is 2.70. The maximum absolute atomic E-state index is 12.9. The third-order valence-electron chi connectivity index (χ3n) is 3.42. The first kappa shape index (κ1) is 11.6. The van der Waals surface area contributed by atoms with Crippen molar-refractivity contribution in [1.29, 1.82) is 0 Å². The second-order valence-electron chi connectivity index (χ2n) is 4.79. The van der Waals surface area contributed by atoms with Gasteiger partial charge in [0.15, 0.2) is 0 Å². The third kappa shape index (κ3) is 2.22. The second kappa shape index (κ2) is 4.31. The van der Waals surface area contributed by atoms with Crippen LogP contribution in [-0.4, -0.2) is 15.9 Å². The van der Waals surface area contributed by atoms with Crippen LogP contribution in [0.4, 0.5) is 9.52 Å². The number of rotatable bonds is 4. The van der Waals surface area contributed by atoms with Crippen LogP contribution in [0.1, 0.15) is 24.2 Å². The molecule has 1 aromatic heterocycles. The van der Waals surface area contributed by atoms with Gasteiger partial charge in [-0.3, -0.25) is 0 Å². The summed E-state index contributed by atoms with van der Waals surface area (Å²) in [5.41, 5.74) is 1.37. The first-order chi connectivity index (χ1) is 8.68. The number of anilines is 1. The molecule has 1 saturated carbocycles. The molecule has 94 valence electrons. The van der Waals surface area contributed by atoms with Crippen molar-refractivity contribution in [3.8, 4) is 0 Å². The topological polar surface area (TPSA) is 37.8 Å². The van der Waals surface area contributed by atoms with E-state index in [0.29, 0.717) is 0 Å². The predicted molar refractivity (Wildman–Crippen MR) is 70.4 cm³/mol. The zero-order chi connectivity index (χ0) is 12.6. The molecule has 0 saturated heterocycles. The molecule has 1 aromatic carbocycles. The van der Waals surface area contributed by atoms with Gasteiger partial charge in [0.1, 0.15) is 11.6 Å². The number of nitrogens with zero attached hydrogens (tertiary/aromatic N) is 2. The number of aromatic nitrogens is 2. The lowest BCUT2D eigenvalue weighted by molar-refractivity contribution is 0.624. The number of nitrogens with one attached hydrogen (secondary N) is 1. The molecule has 1 heterocycles. The van der Waals surface area contributed by atoms with Crippen LogP contribution < -0.4 is 5.32 Å². The van der Waals surface area contributed by atoms with Crippen LogP contribution in [0, 0.1) is 12.7 Å². The molecule has 0 radical (unpaired) electrons. The molecular formula is C13H14FN3S. The molecule has 0 atom stereocenters. The maximum atomic E-state index is 12.9. The van der Waals surface area contributed by atoms with E-state index in [1.165, 1.54) is 29.2 Å². The molecule has 3 rings (SSSR count). The van der Waals surface area contributed by atoms with Gasteiger partial charge in [-0.05, 0) is 37.5 Å². The van der Waals surface area contributed by atoms with Gasteiger partial charge in [-0.15, -0.1) is 0 Å². The lowest BCUT2D eigenvalue weighted by Crippen LogP contribution is -2.19. The van der Waals surface area contributed by atoms with Crippen LogP contribution in [0.3, 0.4) is 0 Å². The Hall–Kier alpha value is -1.49. The minimum atomic E-state index is -0.178. The van der Waals surface area contributed by atoms with Crippen molar-refractivity contribution >= 4 is 16.7 Å². The standard InChI is InChI=1S/C13H14FN3S/c1-9-16-12(18-17-9)15-8-13(6-7-13)10-2-4-11(14)5-3-10/h2-5H,6-8H2,1H3,(H,15,16,17). The number of halogens is 1. The van der Waals surface area contributed by atoms with Crippen molar-refractivity contribution in [1.82, 2.24) is 9.36 Å².